The maximum absolute atomic E-state index is 12.1. The Bertz CT molecular complexity index is 1430. The van der Waals surface area contributed by atoms with Gasteiger partial charge < -0.3 is 15.0 Å². The summed E-state index contributed by atoms with van der Waals surface area (Å²) in [7, 11) is 1.39. The number of anilines is 2. The van der Waals surface area contributed by atoms with Crippen molar-refractivity contribution in [3.63, 3.8) is 0 Å². The van der Waals surface area contributed by atoms with Crippen LogP contribution < -0.4 is 5.32 Å². The lowest BCUT2D eigenvalue weighted by molar-refractivity contribution is 0.0605. The number of methoxy groups -OCH3 is 1. The summed E-state index contributed by atoms with van der Waals surface area (Å²) < 4.78 is 4.90. The first-order valence-corrected chi connectivity index (χ1v) is 10.5. The van der Waals surface area contributed by atoms with Crippen molar-refractivity contribution in [2.24, 2.45) is 0 Å². The second-order valence-corrected chi connectivity index (χ2v) is 8.15. The third-order valence-electron chi connectivity index (χ3n) is 5.46. The minimum atomic E-state index is -0.354. The number of aromatic amines is 1. The topological polar surface area (TPSA) is 79.9 Å². The Morgan fingerprint density at radius 2 is 2.07 bits per heavy atom. The van der Waals surface area contributed by atoms with E-state index in [4.69, 9.17) is 4.74 Å². The van der Waals surface area contributed by atoms with Crippen LogP contribution in [0.5, 0.6) is 0 Å². The molecule has 150 valence electrons. The van der Waals surface area contributed by atoms with Crippen molar-refractivity contribution < 1.29 is 9.53 Å². The number of carbonyl (C=O) groups is 1. The zero-order chi connectivity index (χ0) is 20.8. The number of nitrogens with zero attached hydrogens (tertiary/aromatic N) is 2. The normalized spacial score (nSPS) is 11.4. The van der Waals surface area contributed by atoms with Crippen LogP contribution in [-0.2, 0) is 11.2 Å². The summed E-state index contributed by atoms with van der Waals surface area (Å²) in [5, 5.41) is 6.67. The Balaban J connectivity index is 1.60. The van der Waals surface area contributed by atoms with Crippen molar-refractivity contribution in [3.8, 4) is 0 Å². The molecule has 3 heterocycles. The number of para-hydroxylation sites is 1. The van der Waals surface area contributed by atoms with Crippen LogP contribution in [-0.4, -0.2) is 28.0 Å². The summed E-state index contributed by atoms with van der Waals surface area (Å²) >= 11 is 1.32. The van der Waals surface area contributed by atoms with Crippen LogP contribution >= 0.6 is 11.3 Å². The van der Waals surface area contributed by atoms with E-state index in [9.17, 15) is 4.79 Å². The highest BCUT2D eigenvalue weighted by molar-refractivity contribution is 7.20. The molecule has 5 aromatic rings. The molecule has 0 saturated heterocycles. The largest absolute Gasteiger partial charge is 0.465 e. The predicted molar refractivity (Wildman–Crippen MR) is 122 cm³/mol. The lowest BCUT2D eigenvalue weighted by Gasteiger charge is -2.07. The van der Waals surface area contributed by atoms with Gasteiger partial charge in [-0.3, -0.25) is 0 Å². The van der Waals surface area contributed by atoms with E-state index in [1.807, 2.05) is 13.0 Å². The molecule has 0 spiro atoms. The quantitative estimate of drug-likeness (QED) is 0.366. The highest BCUT2D eigenvalue weighted by Gasteiger charge is 2.20. The predicted octanol–water partition coefficient (Wildman–Crippen LogP) is 5.73. The van der Waals surface area contributed by atoms with E-state index in [1.54, 1.807) is 0 Å². The van der Waals surface area contributed by atoms with Gasteiger partial charge in [0.25, 0.3) is 0 Å². The Morgan fingerprint density at radius 1 is 1.20 bits per heavy atom. The van der Waals surface area contributed by atoms with Crippen molar-refractivity contribution in [1.29, 1.82) is 0 Å². The molecule has 3 aromatic heterocycles. The number of aromatic nitrogens is 3. The van der Waals surface area contributed by atoms with Crippen molar-refractivity contribution >= 4 is 60.8 Å². The summed E-state index contributed by atoms with van der Waals surface area (Å²) in [6, 6.07) is 12.7. The first kappa shape index (κ1) is 18.6. The minimum Gasteiger partial charge on any atom is -0.465 e. The van der Waals surface area contributed by atoms with Crippen LogP contribution in [0.2, 0.25) is 0 Å². The second-order valence-electron chi connectivity index (χ2n) is 7.15. The molecule has 0 unspecified atom stereocenters. The Kier molecular flexibility index (Phi) is 4.40. The number of benzene rings is 2. The maximum Gasteiger partial charge on any atom is 0.348 e. The molecule has 0 radical (unpaired) electrons. The third kappa shape index (κ3) is 2.81. The van der Waals surface area contributed by atoms with Gasteiger partial charge in [-0.05, 0) is 36.6 Å². The summed E-state index contributed by atoms with van der Waals surface area (Å²) in [4.78, 5) is 25.7. The number of H-pyrrole nitrogens is 1. The molecule has 0 atom stereocenters. The first-order valence-electron chi connectivity index (χ1n) is 9.73. The summed E-state index contributed by atoms with van der Waals surface area (Å²) in [5.41, 5.74) is 5.30. The summed E-state index contributed by atoms with van der Waals surface area (Å²) in [6.45, 7) is 4.06. The highest BCUT2D eigenvalue weighted by atomic mass is 32.1. The number of rotatable bonds is 4. The molecule has 0 amide bonds. The van der Waals surface area contributed by atoms with Gasteiger partial charge >= 0.3 is 5.97 Å². The van der Waals surface area contributed by atoms with Crippen LogP contribution in [0.1, 0.15) is 27.7 Å². The van der Waals surface area contributed by atoms with E-state index < -0.39 is 0 Å². The van der Waals surface area contributed by atoms with Crippen molar-refractivity contribution in [3.05, 3.63) is 58.7 Å². The number of nitrogens with one attached hydrogen (secondary N) is 2. The van der Waals surface area contributed by atoms with Crippen molar-refractivity contribution in [2.45, 2.75) is 20.3 Å². The number of ether oxygens (including phenoxy) is 1. The maximum atomic E-state index is 12.1. The number of aryl methyl sites for hydroxylation is 2. The minimum absolute atomic E-state index is 0.354. The SMILES string of the molecule is CCc1cccc2c1[nH]c1cc(Nc3ncnc4sc(C(=O)OC)c(C)c34)ccc12. The molecule has 2 N–H and O–H groups in total. The van der Waals surface area contributed by atoms with Gasteiger partial charge in [0.15, 0.2) is 0 Å². The van der Waals surface area contributed by atoms with Crippen LogP contribution in [0.4, 0.5) is 11.5 Å². The van der Waals surface area contributed by atoms with Crippen LogP contribution in [0.25, 0.3) is 32.0 Å². The molecule has 5 rings (SSSR count). The molecule has 0 fully saturated rings. The number of thiophene rings is 1. The van der Waals surface area contributed by atoms with Crippen LogP contribution in [0, 0.1) is 6.92 Å². The van der Waals surface area contributed by atoms with Gasteiger partial charge in [-0.2, -0.15) is 0 Å². The number of carbonyl (C=O) groups excluding carboxylic acids is 1. The molecule has 2 aromatic carbocycles. The van der Waals surface area contributed by atoms with Gasteiger partial charge in [0.2, 0.25) is 0 Å². The average molecular weight is 417 g/mol. The molecular weight excluding hydrogens is 396 g/mol. The van der Waals surface area contributed by atoms with E-state index in [1.165, 1.54) is 46.6 Å². The third-order valence-corrected chi connectivity index (χ3v) is 6.64. The Hall–Kier alpha value is -3.45. The summed E-state index contributed by atoms with van der Waals surface area (Å²) in [6.07, 6.45) is 2.49. The van der Waals surface area contributed by atoms with E-state index >= 15 is 0 Å². The molecule has 0 aliphatic rings. The lowest BCUT2D eigenvalue weighted by atomic mass is 10.1. The number of hydrogen-bond donors (Lipinski definition) is 2. The van der Waals surface area contributed by atoms with Gasteiger partial charge in [-0.1, -0.05) is 31.2 Å². The van der Waals surface area contributed by atoms with Gasteiger partial charge in [-0.25, -0.2) is 14.8 Å². The smallest absolute Gasteiger partial charge is 0.348 e. The van der Waals surface area contributed by atoms with Gasteiger partial charge in [0.1, 0.15) is 21.9 Å². The van der Waals surface area contributed by atoms with E-state index in [0.29, 0.717) is 10.7 Å². The zero-order valence-corrected chi connectivity index (χ0v) is 17.7. The molecule has 30 heavy (non-hydrogen) atoms. The first-order chi connectivity index (χ1) is 14.6. The fraction of sp³-hybridized carbons (Fsp3) is 0.174. The molecule has 0 aliphatic heterocycles. The zero-order valence-electron chi connectivity index (χ0n) is 16.9. The Morgan fingerprint density at radius 3 is 2.87 bits per heavy atom. The average Bonchev–Trinajstić information content (AvgIpc) is 3.31. The molecule has 0 bridgehead atoms. The number of hydrogen-bond acceptors (Lipinski definition) is 6. The summed E-state index contributed by atoms with van der Waals surface area (Å²) in [5.74, 6) is 0.321. The molecular formula is C23H20N4O2S. The molecule has 0 aliphatic carbocycles. The molecule has 6 nitrogen and oxygen atoms in total. The molecule has 7 heteroatoms. The van der Waals surface area contributed by atoms with Gasteiger partial charge in [0, 0.05) is 27.5 Å². The monoisotopic (exact) mass is 416 g/mol. The van der Waals surface area contributed by atoms with Crippen molar-refractivity contribution in [2.75, 3.05) is 12.4 Å². The molecule has 0 saturated carbocycles. The second kappa shape index (κ2) is 7.11. The van der Waals surface area contributed by atoms with Crippen LogP contribution in [0.3, 0.4) is 0 Å². The fourth-order valence-corrected chi connectivity index (χ4v) is 5.02. The number of esters is 1. The van der Waals surface area contributed by atoms with E-state index in [0.717, 1.165) is 33.4 Å². The highest BCUT2D eigenvalue weighted by Crippen LogP contribution is 2.36. The Labute approximate surface area is 176 Å². The van der Waals surface area contributed by atoms with Crippen LogP contribution in [0.15, 0.2) is 42.7 Å². The fourth-order valence-electron chi connectivity index (χ4n) is 3.95. The van der Waals surface area contributed by atoms with E-state index in [2.05, 4.69) is 57.5 Å². The van der Waals surface area contributed by atoms with Gasteiger partial charge in [-0.15, -0.1) is 11.3 Å². The van der Waals surface area contributed by atoms with Crippen molar-refractivity contribution in [1.82, 2.24) is 15.0 Å². The van der Waals surface area contributed by atoms with Gasteiger partial charge in [0.05, 0.1) is 12.5 Å². The van der Waals surface area contributed by atoms with E-state index in [-0.39, 0.29) is 5.97 Å². The number of fused-ring (bicyclic) bond motifs is 4. The lowest BCUT2D eigenvalue weighted by Crippen LogP contribution is -2.00. The standard InChI is InChI=1S/C23H20N4O2S/c1-4-13-6-5-7-16-15-9-8-14(10-17(15)27-19(13)16)26-21-18-12(2)20(23(28)29-3)30-22(18)25-11-24-21/h5-11,27H,4H2,1-3H3,(H,24,25,26).